The summed E-state index contributed by atoms with van der Waals surface area (Å²) in [6, 6.07) is 2.35. The molecule has 0 fully saturated rings. The Labute approximate surface area is 125 Å². The lowest BCUT2D eigenvalue weighted by Gasteiger charge is -2.02. The van der Waals surface area contributed by atoms with Gasteiger partial charge in [0, 0.05) is 28.5 Å². The molecule has 6 heteroatoms. The number of imidazole rings is 1. The average Bonchev–Trinajstić information content (AvgIpc) is 2.95. The van der Waals surface area contributed by atoms with Crippen LogP contribution in [-0.2, 0) is 0 Å². The van der Waals surface area contributed by atoms with Gasteiger partial charge in [0.05, 0.1) is 6.20 Å². The minimum Gasteiger partial charge on any atom is -0.383 e. The smallest absolute Gasteiger partial charge is 0.142 e. The highest BCUT2D eigenvalue weighted by molar-refractivity contribution is 9.10. The van der Waals surface area contributed by atoms with Crippen LogP contribution in [0.5, 0.6) is 0 Å². The zero-order chi connectivity index (χ0) is 14.4. The summed E-state index contributed by atoms with van der Waals surface area (Å²) in [5.41, 5.74) is 9.90. The highest BCUT2D eigenvalue weighted by Crippen LogP contribution is 2.29. The molecule has 3 heterocycles. The van der Waals surface area contributed by atoms with Crippen molar-refractivity contribution in [2.45, 2.75) is 26.8 Å². The molecule has 0 radical (unpaired) electrons. The maximum atomic E-state index is 6.24. The lowest BCUT2D eigenvalue weighted by molar-refractivity contribution is 0.532. The number of nitrogens with zero attached hydrogens (tertiary/aromatic N) is 4. The molecule has 0 aromatic carbocycles. The summed E-state index contributed by atoms with van der Waals surface area (Å²) in [7, 11) is 0. The minimum atomic E-state index is 0.317. The second-order valence-corrected chi connectivity index (χ2v) is 6.10. The van der Waals surface area contributed by atoms with Crippen molar-refractivity contribution >= 4 is 27.4 Å². The van der Waals surface area contributed by atoms with Crippen molar-refractivity contribution in [2.75, 3.05) is 5.73 Å². The third-order valence-corrected chi connectivity index (χ3v) is 3.75. The summed E-state index contributed by atoms with van der Waals surface area (Å²) in [4.78, 5) is 4.66. The van der Waals surface area contributed by atoms with Crippen LogP contribution in [0.3, 0.4) is 0 Å². The van der Waals surface area contributed by atoms with Gasteiger partial charge in [-0.3, -0.25) is 9.08 Å². The number of hydrogen-bond donors (Lipinski definition) is 1. The topological polar surface area (TPSA) is 61.1 Å². The second-order valence-electron chi connectivity index (χ2n) is 5.18. The van der Waals surface area contributed by atoms with Gasteiger partial charge in [0.15, 0.2) is 0 Å². The van der Waals surface area contributed by atoms with Crippen molar-refractivity contribution in [1.82, 2.24) is 19.2 Å². The van der Waals surface area contributed by atoms with E-state index in [1.165, 1.54) is 0 Å². The minimum absolute atomic E-state index is 0.317. The number of halogens is 1. The lowest BCUT2D eigenvalue weighted by atomic mass is 10.2. The van der Waals surface area contributed by atoms with Crippen LogP contribution in [0.15, 0.2) is 29.1 Å². The maximum absolute atomic E-state index is 6.24. The molecule has 0 aliphatic heterocycles. The second kappa shape index (κ2) is 4.63. The fraction of sp³-hybridized carbons (Fsp3) is 0.286. The number of nitrogen functional groups attached to an aromatic ring is 1. The fourth-order valence-electron chi connectivity index (χ4n) is 2.24. The van der Waals surface area contributed by atoms with E-state index >= 15 is 0 Å². The van der Waals surface area contributed by atoms with E-state index in [0.717, 1.165) is 26.9 Å². The Kier molecular flexibility index (Phi) is 3.05. The maximum Gasteiger partial charge on any atom is 0.142 e. The molecular formula is C14H16BrN5. The van der Waals surface area contributed by atoms with Crippen molar-refractivity contribution in [3.8, 4) is 11.3 Å². The van der Waals surface area contributed by atoms with Crippen molar-refractivity contribution in [2.24, 2.45) is 0 Å². The number of rotatable bonds is 2. The van der Waals surface area contributed by atoms with Gasteiger partial charge in [0.2, 0.25) is 0 Å². The first kappa shape index (κ1) is 13.2. The lowest BCUT2D eigenvalue weighted by Crippen LogP contribution is -1.99. The monoisotopic (exact) mass is 333 g/mol. The van der Waals surface area contributed by atoms with Gasteiger partial charge in [-0.05, 0) is 48.3 Å². The van der Waals surface area contributed by atoms with Gasteiger partial charge < -0.3 is 5.73 Å². The normalized spacial score (nSPS) is 11.7. The van der Waals surface area contributed by atoms with Crippen LogP contribution in [0.2, 0.25) is 0 Å². The van der Waals surface area contributed by atoms with Gasteiger partial charge in [0.25, 0.3) is 0 Å². The first-order chi connectivity index (χ1) is 9.47. The highest BCUT2D eigenvalue weighted by Gasteiger charge is 2.15. The van der Waals surface area contributed by atoms with Crippen molar-refractivity contribution < 1.29 is 0 Å². The molecule has 3 rings (SSSR count). The number of fused-ring (bicyclic) bond motifs is 1. The Hall–Kier alpha value is -1.82. The molecule has 0 bridgehead atoms. The summed E-state index contributed by atoms with van der Waals surface area (Å²) in [6.45, 7) is 6.20. The van der Waals surface area contributed by atoms with Gasteiger partial charge in [-0.25, -0.2) is 4.98 Å². The molecule has 3 aromatic heterocycles. The van der Waals surface area contributed by atoms with Gasteiger partial charge in [-0.15, -0.1) is 0 Å². The average molecular weight is 334 g/mol. The standard InChI is InChI=1S/C14H16BrN5/c1-8(2)20-6-10(5-17-20)12-13(16)19-7-11(15)4-9(3)14(19)18-12/h4-8H,16H2,1-3H3. The Bertz CT molecular complexity index is 784. The van der Waals surface area contributed by atoms with Crippen molar-refractivity contribution in [3.05, 3.63) is 34.7 Å². The van der Waals surface area contributed by atoms with E-state index in [4.69, 9.17) is 5.73 Å². The first-order valence-corrected chi connectivity index (χ1v) is 7.25. The van der Waals surface area contributed by atoms with Crippen LogP contribution in [0.1, 0.15) is 25.5 Å². The molecule has 0 atom stereocenters. The Balaban J connectivity index is 2.21. The summed E-state index contributed by atoms with van der Waals surface area (Å²) < 4.78 is 4.79. The molecule has 0 unspecified atom stereocenters. The zero-order valence-electron chi connectivity index (χ0n) is 11.6. The molecule has 5 nitrogen and oxygen atoms in total. The van der Waals surface area contributed by atoms with Crippen LogP contribution < -0.4 is 5.73 Å². The first-order valence-electron chi connectivity index (χ1n) is 6.45. The van der Waals surface area contributed by atoms with E-state index in [9.17, 15) is 0 Å². The van der Waals surface area contributed by atoms with E-state index in [2.05, 4.69) is 39.9 Å². The molecular weight excluding hydrogens is 318 g/mol. The Morgan fingerprint density at radius 1 is 1.30 bits per heavy atom. The predicted molar refractivity (Wildman–Crippen MR) is 83.6 cm³/mol. The Morgan fingerprint density at radius 2 is 2.05 bits per heavy atom. The summed E-state index contributed by atoms with van der Waals surface area (Å²) >= 11 is 3.49. The van der Waals surface area contributed by atoms with Crippen LogP contribution in [0.25, 0.3) is 16.9 Å². The van der Waals surface area contributed by atoms with Gasteiger partial charge >= 0.3 is 0 Å². The highest BCUT2D eigenvalue weighted by atomic mass is 79.9. The van der Waals surface area contributed by atoms with E-state index in [-0.39, 0.29) is 0 Å². The van der Waals surface area contributed by atoms with E-state index in [1.54, 1.807) is 0 Å². The molecule has 0 spiro atoms. The van der Waals surface area contributed by atoms with Crippen molar-refractivity contribution in [1.29, 1.82) is 0 Å². The molecule has 3 aromatic rings. The largest absolute Gasteiger partial charge is 0.383 e. The Morgan fingerprint density at radius 3 is 2.70 bits per heavy atom. The van der Waals surface area contributed by atoms with Gasteiger partial charge in [-0.1, -0.05) is 0 Å². The third-order valence-electron chi connectivity index (χ3n) is 3.31. The SMILES string of the molecule is Cc1cc(Br)cn2c(N)c(-c3cnn(C(C)C)c3)nc12. The van der Waals surface area contributed by atoms with E-state index in [0.29, 0.717) is 11.9 Å². The van der Waals surface area contributed by atoms with Gasteiger partial charge in [-0.2, -0.15) is 5.10 Å². The van der Waals surface area contributed by atoms with Crippen LogP contribution in [0.4, 0.5) is 5.82 Å². The summed E-state index contributed by atoms with van der Waals surface area (Å²) in [6.07, 6.45) is 5.72. The van der Waals surface area contributed by atoms with E-state index < -0.39 is 0 Å². The molecule has 0 saturated carbocycles. The number of anilines is 1. The summed E-state index contributed by atoms with van der Waals surface area (Å²) in [5, 5.41) is 4.35. The van der Waals surface area contributed by atoms with Gasteiger partial charge in [0.1, 0.15) is 17.2 Å². The number of pyridine rings is 1. The van der Waals surface area contributed by atoms with Crippen molar-refractivity contribution in [3.63, 3.8) is 0 Å². The number of aromatic nitrogens is 4. The molecule has 20 heavy (non-hydrogen) atoms. The third kappa shape index (κ3) is 2.00. The quantitative estimate of drug-likeness (QED) is 0.781. The molecule has 104 valence electrons. The van der Waals surface area contributed by atoms with Crippen LogP contribution in [0, 0.1) is 6.92 Å². The van der Waals surface area contributed by atoms with Crippen LogP contribution in [-0.4, -0.2) is 19.2 Å². The number of nitrogens with two attached hydrogens (primary N) is 1. The number of hydrogen-bond acceptors (Lipinski definition) is 3. The molecule has 2 N–H and O–H groups in total. The molecule has 0 amide bonds. The predicted octanol–water partition coefficient (Wildman–Crippen LogP) is 3.43. The zero-order valence-corrected chi connectivity index (χ0v) is 13.2. The molecule has 0 aliphatic carbocycles. The molecule has 0 saturated heterocycles. The van der Waals surface area contributed by atoms with E-state index in [1.807, 2.05) is 40.7 Å². The molecule has 0 aliphatic rings. The van der Waals surface area contributed by atoms with Crippen LogP contribution >= 0.6 is 15.9 Å². The fourth-order valence-corrected chi connectivity index (χ4v) is 2.79. The number of aryl methyl sites for hydroxylation is 1. The summed E-state index contributed by atoms with van der Waals surface area (Å²) in [5.74, 6) is 0.632.